The van der Waals surface area contributed by atoms with Crippen LogP contribution < -0.4 is 4.74 Å². The van der Waals surface area contributed by atoms with Crippen molar-refractivity contribution in [2.24, 2.45) is 0 Å². The van der Waals surface area contributed by atoms with Crippen molar-refractivity contribution in [3.05, 3.63) is 40.5 Å². The smallest absolute Gasteiger partial charge is 0.193 e. The van der Waals surface area contributed by atoms with E-state index in [9.17, 15) is 19.2 Å². The van der Waals surface area contributed by atoms with Gasteiger partial charge in [-0.1, -0.05) is 12.1 Å². The van der Waals surface area contributed by atoms with Crippen molar-refractivity contribution >= 4 is 23.1 Å². The van der Waals surface area contributed by atoms with E-state index in [0.29, 0.717) is 19.0 Å². The molecule has 1 aromatic rings. The quantitative estimate of drug-likeness (QED) is 0.662. The monoisotopic (exact) mass is 400 g/mol. The lowest BCUT2D eigenvalue weighted by Gasteiger charge is -2.23. The van der Waals surface area contributed by atoms with Gasteiger partial charge in [-0.2, -0.15) is 0 Å². The summed E-state index contributed by atoms with van der Waals surface area (Å²) in [6, 6.07) is 4.79. The second-order valence-electron chi connectivity index (χ2n) is 7.42. The predicted octanol–water partition coefficient (Wildman–Crippen LogP) is 2.85. The van der Waals surface area contributed by atoms with Gasteiger partial charge in [0, 0.05) is 29.6 Å². The average Bonchev–Trinajstić information content (AvgIpc) is 3.10. The highest BCUT2D eigenvalue weighted by Gasteiger charge is 2.36. The van der Waals surface area contributed by atoms with Crippen LogP contribution in [-0.4, -0.2) is 49.2 Å². The lowest BCUT2D eigenvalue weighted by molar-refractivity contribution is -0.158. The first-order chi connectivity index (χ1) is 13.8. The Bertz CT molecular complexity index is 904. The molecule has 0 radical (unpaired) electrons. The van der Waals surface area contributed by atoms with Gasteiger partial charge in [0.2, 0.25) is 0 Å². The minimum atomic E-state index is -0.949. The molecule has 7 nitrogen and oxygen atoms in total. The van der Waals surface area contributed by atoms with Crippen LogP contribution in [0, 0.1) is 0 Å². The van der Waals surface area contributed by atoms with Crippen molar-refractivity contribution in [2.75, 3.05) is 20.3 Å². The summed E-state index contributed by atoms with van der Waals surface area (Å²) in [4.78, 5) is 50.4. The van der Waals surface area contributed by atoms with E-state index in [4.69, 9.17) is 14.2 Å². The van der Waals surface area contributed by atoms with E-state index in [1.54, 1.807) is 25.1 Å². The molecule has 0 aromatic heterocycles. The summed E-state index contributed by atoms with van der Waals surface area (Å²) in [6.45, 7) is 3.93. The molecule has 0 bridgehead atoms. The van der Waals surface area contributed by atoms with Crippen molar-refractivity contribution < 1.29 is 33.4 Å². The summed E-state index contributed by atoms with van der Waals surface area (Å²) < 4.78 is 16.2. The van der Waals surface area contributed by atoms with Crippen LogP contribution in [0.1, 0.15) is 60.2 Å². The van der Waals surface area contributed by atoms with E-state index in [0.717, 1.165) is 0 Å². The Kier molecular flexibility index (Phi) is 6.10. The van der Waals surface area contributed by atoms with Gasteiger partial charge in [0.25, 0.3) is 0 Å². The van der Waals surface area contributed by atoms with Crippen LogP contribution in [0.3, 0.4) is 0 Å². The van der Waals surface area contributed by atoms with E-state index in [1.807, 2.05) is 0 Å². The number of fused-ring (bicyclic) bond motifs is 1. The third-order valence-electron chi connectivity index (χ3n) is 5.13. The number of ketones is 4. The van der Waals surface area contributed by atoms with E-state index >= 15 is 0 Å². The Labute approximate surface area is 169 Å². The Hall–Kier alpha value is -2.64. The second-order valence-corrected chi connectivity index (χ2v) is 7.42. The Balaban J connectivity index is 1.88. The van der Waals surface area contributed by atoms with Crippen LogP contribution >= 0.6 is 0 Å². The number of benzene rings is 1. The lowest BCUT2D eigenvalue weighted by atomic mass is 9.80. The Morgan fingerprint density at radius 2 is 1.79 bits per heavy atom. The molecule has 0 N–H and O–H groups in total. The number of carbonyl (C=O) groups excluding carboxylic acids is 4. The van der Waals surface area contributed by atoms with Gasteiger partial charge in [-0.25, -0.2) is 0 Å². The summed E-state index contributed by atoms with van der Waals surface area (Å²) in [6.07, 6.45) is 0.0290. The molecule has 1 saturated heterocycles. The van der Waals surface area contributed by atoms with Crippen molar-refractivity contribution in [1.82, 2.24) is 0 Å². The molecule has 1 aliphatic carbocycles. The van der Waals surface area contributed by atoms with Crippen LogP contribution in [0.4, 0.5) is 0 Å². The molecule has 29 heavy (non-hydrogen) atoms. The maximum absolute atomic E-state index is 13.2. The summed E-state index contributed by atoms with van der Waals surface area (Å²) in [7, 11) is 1.42. The third-order valence-corrected chi connectivity index (χ3v) is 5.13. The zero-order valence-electron chi connectivity index (χ0n) is 16.8. The third kappa shape index (κ3) is 4.36. The van der Waals surface area contributed by atoms with Gasteiger partial charge in [-0.15, -0.1) is 0 Å². The molecule has 1 aromatic carbocycles. The minimum Gasteiger partial charge on any atom is -0.496 e. The van der Waals surface area contributed by atoms with E-state index in [-0.39, 0.29) is 71.1 Å². The summed E-state index contributed by atoms with van der Waals surface area (Å²) in [5.41, 5.74) is 0.773. The first-order valence-corrected chi connectivity index (χ1v) is 9.53. The zero-order valence-corrected chi connectivity index (χ0v) is 16.8. The highest BCUT2D eigenvalue weighted by molar-refractivity contribution is 6.28. The molecule has 0 spiro atoms. The van der Waals surface area contributed by atoms with Crippen molar-refractivity contribution in [3.8, 4) is 5.75 Å². The first kappa shape index (κ1) is 21.1. The van der Waals surface area contributed by atoms with E-state index in [2.05, 4.69) is 0 Å². The number of Topliss-reactive ketones (excluding diaryl/α,β-unsaturated/α-hetero) is 4. The highest BCUT2D eigenvalue weighted by Crippen LogP contribution is 2.36. The fraction of sp³-hybridized carbons (Fsp3) is 0.455. The number of carbonyl (C=O) groups is 4. The van der Waals surface area contributed by atoms with E-state index in [1.165, 1.54) is 14.0 Å². The zero-order chi connectivity index (χ0) is 21.2. The lowest BCUT2D eigenvalue weighted by Crippen LogP contribution is -2.29. The average molecular weight is 400 g/mol. The van der Waals surface area contributed by atoms with Gasteiger partial charge in [0.05, 0.1) is 32.3 Å². The fourth-order valence-corrected chi connectivity index (χ4v) is 3.78. The van der Waals surface area contributed by atoms with Crippen molar-refractivity contribution in [2.45, 2.75) is 45.3 Å². The number of rotatable bonds is 8. The molecule has 0 amide bonds. The topological polar surface area (TPSA) is 96.0 Å². The highest BCUT2D eigenvalue weighted by atomic mass is 16.7. The van der Waals surface area contributed by atoms with Crippen LogP contribution in [0.2, 0.25) is 0 Å². The van der Waals surface area contributed by atoms with Gasteiger partial charge in [0.1, 0.15) is 17.3 Å². The van der Waals surface area contributed by atoms with Gasteiger partial charge >= 0.3 is 0 Å². The molecule has 0 atom stereocenters. The molecule has 154 valence electrons. The molecule has 1 fully saturated rings. The summed E-state index contributed by atoms with van der Waals surface area (Å²) >= 11 is 0. The molecule has 3 rings (SSSR count). The van der Waals surface area contributed by atoms with Gasteiger partial charge in [-0.3, -0.25) is 19.2 Å². The van der Waals surface area contributed by atoms with Gasteiger partial charge in [-0.05, 0) is 26.3 Å². The standard InChI is InChI=1S/C22H24O7/c1-13(23)11-17-15(8-7-14(24)12-22(2)28-9-10-29-22)21(26)19-16(20(17)25)5-4-6-18(19)27-3/h4-6H,7-12H2,1-3H3. The first-order valence-electron chi connectivity index (χ1n) is 9.53. The molecule has 1 aliphatic heterocycles. The van der Waals surface area contributed by atoms with Crippen LogP contribution in [-0.2, 0) is 19.1 Å². The van der Waals surface area contributed by atoms with Crippen LogP contribution in [0.15, 0.2) is 29.3 Å². The number of methoxy groups -OCH3 is 1. The number of ether oxygens (including phenoxy) is 3. The molecule has 2 aliphatic rings. The number of hydrogen-bond donors (Lipinski definition) is 0. The Morgan fingerprint density at radius 3 is 2.41 bits per heavy atom. The maximum Gasteiger partial charge on any atom is 0.193 e. The SMILES string of the molecule is COc1cccc2c1C(=O)C(CCC(=O)CC1(C)OCCO1)=C(CC(C)=O)C2=O. The molecular weight excluding hydrogens is 376 g/mol. The summed E-state index contributed by atoms with van der Waals surface area (Å²) in [5, 5.41) is 0. The van der Waals surface area contributed by atoms with Crippen LogP contribution in [0.5, 0.6) is 5.75 Å². The van der Waals surface area contributed by atoms with E-state index < -0.39 is 5.79 Å². The number of hydrogen-bond acceptors (Lipinski definition) is 7. The molecular formula is C22H24O7. The molecule has 0 unspecified atom stereocenters. The molecule has 7 heteroatoms. The normalized spacial score (nSPS) is 18.0. The largest absolute Gasteiger partial charge is 0.496 e. The fourth-order valence-electron chi connectivity index (χ4n) is 3.78. The van der Waals surface area contributed by atoms with Gasteiger partial charge < -0.3 is 14.2 Å². The van der Waals surface area contributed by atoms with Crippen molar-refractivity contribution in [3.63, 3.8) is 0 Å². The molecule has 1 heterocycles. The van der Waals surface area contributed by atoms with Gasteiger partial charge in [0.15, 0.2) is 17.4 Å². The number of allylic oxidation sites excluding steroid dienone is 2. The van der Waals surface area contributed by atoms with Crippen molar-refractivity contribution in [1.29, 1.82) is 0 Å². The molecule has 0 saturated carbocycles. The predicted molar refractivity (Wildman–Crippen MR) is 103 cm³/mol. The Morgan fingerprint density at radius 1 is 1.10 bits per heavy atom. The minimum absolute atomic E-state index is 0.0442. The second kappa shape index (κ2) is 8.39. The summed E-state index contributed by atoms with van der Waals surface area (Å²) in [5.74, 6) is -1.76. The maximum atomic E-state index is 13.2. The van der Waals surface area contributed by atoms with Crippen LogP contribution in [0.25, 0.3) is 0 Å².